The Morgan fingerprint density at radius 2 is 1.50 bits per heavy atom. The molecule has 1 aliphatic rings. The molecule has 0 bridgehead atoms. The Balaban J connectivity index is 2.39. The number of halogens is 2. The SMILES string of the molecule is CC1OC(Cl)C(Cl)O1. The van der Waals surface area contributed by atoms with Crippen LogP contribution in [0.15, 0.2) is 0 Å². The minimum atomic E-state index is -0.494. The van der Waals surface area contributed by atoms with Crippen LogP contribution in [0.25, 0.3) is 0 Å². The first kappa shape index (κ1) is 6.62. The molecule has 2 atom stereocenters. The standard InChI is InChI=1S/C4H6Cl2O2/c1-2-7-3(5)4(6)8-2/h2-4H,1H3. The first-order valence-electron chi connectivity index (χ1n) is 2.29. The first-order chi connectivity index (χ1) is 3.70. The van der Waals surface area contributed by atoms with Gasteiger partial charge in [-0.3, -0.25) is 0 Å². The Labute approximate surface area is 57.7 Å². The maximum Gasteiger partial charge on any atom is 0.174 e. The van der Waals surface area contributed by atoms with E-state index in [4.69, 9.17) is 32.7 Å². The van der Waals surface area contributed by atoms with Crippen LogP contribution in [-0.2, 0) is 9.47 Å². The molecule has 0 amide bonds. The predicted octanol–water partition coefficient (Wildman–Crippen LogP) is 1.51. The van der Waals surface area contributed by atoms with E-state index in [2.05, 4.69) is 0 Å². The Hall–Kier alpha value is 0.500. The summed E-state index contributed by atoms with van der Waals surface area (Å²) in [5.74, 6) is 0. The molecule has 1 rings (SSSR count). The van der Waals surface area contributed by atoms with E-state index in [9.17, 15) is 0 Å². The van der Waals surface area contributed by atoms with Crippen LogP contribution in [0, 0.1) is 0 Å². The maximum atomic E-state index is 5.48. The molecule has 0 N–H and O–H groups in total. The smallest absolute Gasteiger partial charge is 0.174 e. The number of hydrogen-bond donors (Lipinski definition) is 0. The summed E-state index contributed by atoms with van der Waals surface area (Å²) >= 11 is 11.0. The Morgan fingerprint density at radius 1 is 1.12 bits per heavy atom. The summed E-state index contributed by atoms with van der Waals surface area (Å²) in [7, 11) is 0. The van der Waals surface area contributed by atoms with Crippen molar-refractivity contribution in [3.05, 3.63) is 0 Å². The molecule has 1 heterocycles. The van der Waals surface area contributed by atoms with Crippen molar-refractivity contribution in [2.45, 2.75) is 24.3 Å². The molecule has 0 aromatic heterocycles. The zero-order valence-electron chi connectivity index (χ0n) is 4.30. The lowest BCUT2D eigenvalue weighted by Gasteiger charge is -1.97. The van der Waals surface area contributed by atoms with Crippen LogP contribution in [0.5, 0.6) is 0 Å². The van der Waals surface area contributed by atoms with Gasteiger partial charge in [-0.05, 0) is 6.92 Å². The van der Waals surface area contributed by atoms with Crippen molar-refractivity contribution in [3.63, 3.8) is 0 Å². The van der Waals surface area contributed by atoms with Crippen molar-refractivity contribution in [2.75, 3.05) is 0 Å². The van der Waals surface area contributed by atoms with Gasteiger partial charge in [-0.25, -0.2) is 0 Å². The van der Waals surface area contributed by atoms with Gasteiger partial charge in [-0.2, -0.15) is 0 Å². The summed E-state index contributed by atoms with van der Waals surface area (Å²) in [6.45, 7) is 1.75. The van der Waals surface area contributed by atoms with Crippen LogP contribution < -0.4 is 0 Å². The maximum absolute atomic E-state index is 5.48. The Morgan fingerprint density at radius 3 is 1.62 bits per heavy atom. The Kier molecular flexibility index (Phi) is 1.98. The predicted molar refractivity (Wildman–Crippen MR) is 30.9 cm³/mol. The van der Waals surface area contributed by atoms with E-state index in [1.165, 1.54) is 0 Å². The molecular formula is C4H6Cl2O2. The average molecular weight is 157 g/mol. The zero-order chi connectivity index (χ0) is 6.15. The van der Waals surface area contributed by atoms with Crippen LogP contribution in [-0.4, -0.2) is 17.4 Å². The molecule has 0 aromatic rings. The minimum Gasteiger partial charge on any atom is -0.330 e. The molecule has 0 radical (unpaired) electrons. The van der Waals surface area contributed by atoms with Crippen molar-refractivity contribution in [2.24, 2.45) is 0 Å². The molecule has 48 valence electrons. The quantitative estimate of drug-likeness (QED) is 0.496. The van der Waals surface area contributed by atoms with E-state index in [1.54, 1.807) is 6.92 Å². The van der Waals surface area contributed by atoms with Crippen LogP contribution in [0.3, 0.4) is 0 Å². The summed E-state index contributed by atoms with van der Waals surface area (Å²) in [5, 5.41) is 0. The van der Waals surface area contributed by atoms with Crippen molar-refractivity contribution in [1.29, 1.82) is 0 Å². The molecule has 2 nitrogen and oxygen atoms in total. The topological polar surface area (TPSA) is 18.5 Å². The Bertz CT molecular complexity index is 78.1. The third-order valence-corrected chi connectivity index (χ3v) is 1.64. The molecule has 0 aliphatic carbocycles. The highest BCUT2D eigenvalue weighted by Crippen LogP contribution is 2.23. The normalized spacial score (nSPS) is 47.6. The lowest BCUT2D eigenvalue weighted by molar-refractivity contribution is -0.0348. The number of alkyl halides is 2. The monoisotopic (exact) mass is 156 g/mol. The second kappa shape index (κ2) is 2.40. The molecule has 0 spiro atoms. The third kappa shape index (κ3) is 1.26. The van der Waals surface area contributed by atoms with Gasteiger partial charge in [0.1, 0.15) is 0 Å². The highest BCUT2D eigenvalue weighted by molar-refractivity contribution is 6.28. The first-order valence-corrected chi connectivity index (χ1v) is 3.16. The largest absolute Gasteiger partial charge is 0.330 e. The summed E-state index contributed by atoms with van der Waals surface area (Å²) in [6, 6.07) is 0. The minimum absolute atomic E-state index is 0.264. The van der Waals surface area contributed by atoms with Crippen LogP contribution in [0.1, 0.15) is 6.92 Å². The molecule has 1 saturated heterocycles. The van der Waals surface area contributed by atoms with Crippen molar-refractivity contribution in [1.82, 2.24) is 0 Å². The van der Waals surface area contributed by atoms with Crippen molar-refractivity contribution >= 4 is 23.2 Å². The number of rotatable bonds is 0. The van der Waals surface area contributed by atoms with Crippen LogP contribution >= 0.6 is 23.2 Å². The molecule has 1 aliphatic heterocycles. The van der Waals surface area contributed by atoms with E-state index < -0.39 is 11.1 Å². The fourth-order valence-corrected chi connectivity index (χ4v) is 0.930. The second-order valence-corrected chi connectivity index (χ2v) is 2.40. The van der Waals surface area contributed by atoms with E-state index >= 15 is 0 Å². The fraction of sp³-hybridized carbons (Fsp3) is 1.00. The summed E-state index contributed by atoms with van der Waals surface area (Å²) < 4.78 is 9.77. The van der Waals surface area contributed by atoms with Gasteiger partial charge in [-0.15, -0.1) is 0 Å². The van der Waals surface area contributed by atoms with Gasteiger partial charge in [0.15, 0.2) is 17.4 Å². The molecular weight excluding hydrogens is 151 g/mol. The molecule has 1 fully saturated rings. The average Bonchev–Trinajstić information content (AvgIpc) is 1.85. The van der Waals surface area contributed by atoms with Crippen molar-refractivity contribution < 1.29 is 9.47 Å². The van der Waals surface area contributed by atoms with E-state index in [0.29, 0.717) is 0 Å². The number of hydrogen-bond acceptors (Lipinski definition) is 2. The number of ether oxygens (including phenoxy) is 2. The van der Waals surface area contributed by atoms with Gasteiger partial charge < -0.3 is 9.47 Å². The van der Waals surface area contributed by atoms with E-state index in [1.807, 2.05) is 0 Å². The van der Waals surface area contributed by atoms with Gasteiger partial charge >= 0.3 is 0 Å². The summed E-state index contributed by atoms with van der Waals surface area (Å²) in [4.78, 5) is 0. The zero-order valence-corrected chi connectivity index (χ0v) is 5.82. The summed E-state index contributed by atoms with van der Waals surface area (Å²) in [5.41, 5.74) is -0.988. The van der Waals surface area contributed by atoms with E-state index in [-0.39, 0.29) is 6.29 Å². The van der Waals surface area contributed by atoms with Gasteiger partial charge in [0, 0.05) is 0 Å². The molecule has 2 unspecified atom stereocenters. The van der Waals surface area contributed by atoms with Gasteiger partial charge in [0.25, 0.3) is 0 Å². The highest BCUT2D eigenvalue weighted by Gasteiger charge is 2.29. The fourth-order valence-electron chi connectivity index (χ4n) is 0.522. The molecule has 8 heavy (non-hydrogen) atoms. The van der Waals surface area contributed by atoms with Crippen LogP contribution in [0.4, 0.5) is 0 Å². The lowest BCUT2D eigenvalue weighted by Crippen LogP contribution is -2.07. The molecule has 0 saturated carbocycles. The second-order valence-electron chi connectivity index (χ2n) is 1.54. The third-order valence-electron chi connectivity index (χ3n) is 0.849. The molecule has 0 aromatic carbocycles. The summed E-state index contributed by atoms with van der Waals surface area (Å²) in [6.07, 6.45) is -0.264. The highest BCUT2D eigenvalue weighted by atomic mass is 35.5. The van der Waals surface area contributed by atoms with Gasteiger partial charge in [-0.1, -0.05) is 23.2 Å². The molecule has 4 heteroatoms. The van der Waals surface area contributed by atoms with E-state index in [0.717, 1.165) is 0 Å². The van der Waals surface area contributed by atoms with Crippen LogP contribution in [0.2, 0.25) is 0 Å². The lowest BCUT2D eigenvalue weighted by atomic mass is 10.8. The van der Waals surface area contributed by atoms with Gasteiger partial charge in [0.2, 0.25) is 0 Å². The van der Waals surface area contributed by atoms with Gasteiger partial charge in [0.05, 0.1) is 0 Å². The van der Waals surface area contributed by atoms with Crippen molar-refractivity contribution in [3.8, 4) is 0 Å².